The van der Waals surface area contributed by atoms with Crippen LogP contribution in [0.4, 0.5) is 19.0 Å². The number of nitrogens with zero attached hydrogens (tertiary/aromatic N) is 2. The van der Waals surface area contributed by atoms with Crippen LogP contribution in [0.1, 0.15) is 28.9 Å². The third-order valence-corrected chi connectivity index (χ3v) is 4.13. The van der Waals surface area contributed by atoms with Crippen molar-refractivity contribution in [3.05, 3.63) is 46.9 Å². The summed E-state index contributed by atoms with van der Waals surface area (Å²) in [6.07, 6.45) is 1.31. The molecule has 8 heteroatoms. The number of halogens is 3. The number of carbonyl (C=O) groups is 1. The first-order valence-corrected chi connectivity index (χ1v) is 7.67. The number of aromatic amines is 1. The van der Waals surface area contributed by atoms with Gasteiger partial charge in [0.05, 0.1) is 5.56 Å². The van der Waals surface area contributed by atoms with Crippen LogP contribution in [0.25, 0.3) is 0 Å². The number of hydrogen-bond donors (Lipinski definition) is 2. The second-order valence-corrected chi connectivity index (χ2v) is 5.87. The quantitative estimate of drug-likeness (QED) is 0.846. The van der Waals surface area contributed by atoms with Gasteiger partial charge in [-0.05, 0) is 31.9 Å². The van der Waals surface area contributed by atoms with Gasteiger partial charge in [-0.2, -0.15) is 5.10 Å². The van der Waals surface area contributed by atoms with Crippen molar-refractivity contribution in [2.45, 2.75) is 25.8 Å². The number of H-pyrrole nitrogens is 1. The average molecular weight is 338 g/mol. The SMILES string of the molecule is Cc1cc(N2CCC(NC(=O)c3ccc(F)c(F)c3F)CC2)n[nH]1. The second kappa shape index (κ2) is 6.54. The van der Waals surface area contributed by atoms with Crippen LogP contribution in [0.3, 0.4) is 0 Å². The minimum absolute atomic E-state index is 0.152. The molecule has 128 valence electrons. The fourth-order valence-electron chi connectivity index (χ4n) is 2.78. The Morgan fingerprint density at radius 2 is 1.96 bits per heavy atom. The van der Waals surface area contributed by atoms with Gasteiger partial charge in [-0.3, -0.25) is 9.89 Å². The molecule has 24 heavy (non-hydrogen) atoms. The smallest absolute Gasteiger partial charge is 0.254 e. The molecule has 3 rings (SSSR count). The molecule has 5 nitrogen and oxygen atoms in total. The molecular weight excluding hydrogens is 321 g/mol. The van der Waals surface area contributed by atoms with E-state index in [4.69, 9.17) is 0 Å². The van der Waals surface area contributed by atoms with E-state index in [1.165, 1.54) is 0 Å². The maximum absolute atomic E-state index is 13.7. The summed E-state index contributed by atoms with van der Waals surface area (Å²) in [7, 11) is 0. The summed E-state index contributed by atoms with van der Waals surface area (Å²) in [6, 6.07) is 3.48. The van der Waals surface area contributed by atoms with Crippen LogP contribution in [-0.2, 0) is 0 Å². The highest BCUT2D eigenvalue weighted by Crippen LogP contribution is 2.20. The highest BCUT2D eigenvalue weighted by molar-refractivity contribution is 5.94. The molecule has 1 aliphatic rings. The lowest BCUT2D eigenvalue weighted by atomic mass is 10.0. The van der Waals surface area contributed by atoms with Gasteiger partial charge in [0.2, 0.25) is 0 Å². The maximum atomic E-state index is 13.7. The molecule has 2 heterocycles. The minimum atomic E-state index is -1.63. The lowest BCUT2D eigenvalue weighted by Crippen LogP contribution is -2.45. The number of benzene rings is 1. The molecule has 1 fully saturated rings. The number of rotatable bonds is 3. The van der Waals surface area contributed by atoms with E-state index in [0.717, 1.165) is 23.6 Å². The van der Waals surface area contributed by atoms with Crippen LogP contribution < -0.4 is 10.2 Å². The highest BCUT2D eigenvalue weighted by atomic mass is 19.2. The fraction of sp³-hybridized carbons (Fsp3) is 0.375. The van der Waals surface area contributed by atoms with E-state index < -0.39 is 28.9 Å². The topological polar surface area (TPSA) is 61.0 Å². The number of anilines is 1. The van der Waals surface area contributed by atoms with Crippen LogP contribution in [0.2, 0.25) is 0 Å². The van der Waals surface area contributed by atoms with Crippen molar-refractivity contribution in [2.24, 2.45) is 0 Å². The Morgan fingerprint density at radius 1 is 1.25 bits per heavy atom. The molecular formula is C16H17F3N4O. The van der Waals surface area contributed by atoms with Crippen molar-refractivity contribution in [1.82, 2.24) is 15.5 Å². The van der Waals surface area contributed by atoms with Crippen LogP contribution in [0.15, 0.2) is 18.2 Å². The van der Waals surface area contributed by atoms with Gasteiger partial charge in [-0.25, -0.2) is 13.2 Å². The minimum Gasteiger partial charge on any atom is -0.355 e. The first-order chi connectivity index (χ1) is 11.5. The Hall–Kier alpha value is -2.51. The van der Waals surface area contributed by atoms with Gasteiger partial charge in [-0.15, -0.1) is 0 Å². The Kier molecular flexibility index (Phi) is 4.46. The third kappa shape index (κ3) is 3.22. The zero-order valence-corrected chi connectivity index (χ0v) is 13.1. The monoisotopic (exact) mass is 338 g/mol. The Labute approximate surface area is 136 Å². The van der Waals surface area contributed by atoms with Gasteiger partial charge in [0.15, 0.2) is 23.3 Å². The lowest BCUT2D eigenvalue weighted by Gasteiger charge is -2.32. The van der Waals surface area contributed by atoms with Crippen molar-refractivity contribution in [3.8, 4) is 0 Å². The summed E-state index contributed by atoms with van der Waals surface area (Å²) in [5, 5.41) is 9.74. The molecule has 0 atom stereocenters. The third-order valence-electron chi connectivity index (χ3n) is 4.13. The van der Waals surface area contributed by atoms with Gasteiger partial charge < -0.3 is 10.2 Å². The zero-order valence-electron chi connectivity index (χ0n) is 13.1. The van der Waals surface area contributed by atoms with Crippen molar-refractivity contribution in [2.75, 3.05) is 18.0 Å². The lowest BCUT2D eigenvalue weighted by molar-refractivity contribution is 0.0925. The molecule has 1 aromatic heterocycles. The second-order valence-electron chi connectivity index (χ2n) is 5.87. The Balaban J connectivity index is 1.60. The molecule has 1 amide bonds. The van der Waals surface area contributed by atoms with Crippen LogP contribution in [0.5, 0.6) is 0 Å². The molecule has 0 spiro atoms. The molecule has 0 unspecified atom stereocenters. The van der Waals surface area contributed by atoms with Crippen LogP contribution in [0, 0.1) is 24.4 Å². The van der Waals surface area contributed by atoms with Crippen molar-refractivity contribution >= 4 is 11.7 Å². The van der Waals surface area contributed by atoms with E-state index in [1.807, 2.05) is 13.0 Å². The van der Waals surface area contributed by atoms with Gasteiger partial charge in [0, 0.05) is 30.9 Å². The summed E-state index contributed by atoms with van der Waals surface area (Å²) >= 11 is 0. The number of carbonyl (C=O) groups excluding carboxylic acids is 1. The van der Waals surface area contributed by atoms with Gasteiger partial charge >= 0.3 is 0 Å². The summed E-state index contributed by atoms with van der Waals surface area (Å²) < 4.78 is 39.8. The zero-order chi connectivity index (χ0) is 17.3. The fourth-order valence-corrected chi connectivity index (χ4v) is 2.78. The van der Waals surface area contributed by atoms with Crippen LogP contribution >= 0.6 is 0 Å². The Morgan fingerprint density at radius 3 is 2.58 bits per heavy atom. The van der Waals surface area contributed by atoms with Crippen molar-refractivity contribution in [3.63, 3.8) is 0 Å². The van der Waals surface area contributed by atoms with Gasteiger partial charge in [0.25, 0.3) is 5.91 Å². The molecule has 0 saturated carbocycles. The summed E-state index contributed by atoms with van der Waals surface area (Å²) in [5.74, 6) is -4.29. The maximum Gasteiger partial charge on any atom is 0.254 e. The highest BCUT2D eigenvalue weighted by Gasteiger charge is 2.25. The van der Waals surface area contributed by atoms with E-state index in [9.17, 15) is 18.0 Å². The number of piperidine rings is 1. The predicted octanol–water partition coefficient (Wildman–Crippen LogP) is 2.53. The molecule has 2 aromatic rings. The van der Waals surface area contributed by atoms with Crippen molar-refractivity contribution in [1.29, 1.82) is 0 Å². The number of aryl methyl sites for hydroxylation is 1. The first kappa shape index (κ1) is 16.4. The molecule has 1 aromatic carbocycles. The summed E-state index contributed by atoms with van der Waals surface area (Å²) in [5.41, 5.74) is 0.480. The average Bonchev–Trinajstić information content (AvgIpc) is 3.00. The standard InChI is InChI=1S/C16H17F3N4O/c1-9-8-13(22-21-9)23-6-4-10(5-7-23)20-16(24)11-2-3-12(17)15(19)14(11)18/h2-3,8,10H,4-7H2,1H3,(H,20,24)(H,21,22). The van der Waals surface area contributed by atoms with E-state index >= 15 is 0 Å². The molecule has 0 bridgehead atoms. The largest absolute Gasteiger partial charge is 0.355 e. The van der Waals surface area contributed by atoms with E-state index in [-0.39, 0.29) is 6.04 Å². The van der Waals surface area contributed by atoms with E-state index in [0.29, 0.717) is 25.9 Å². The number of amides is 1. The number of nitrogens with one attached hydrogen (secondary N) is 2. The molecule has 1 saturated heterocycles. The van der Waals surface area contributed by atoms with E-state index in [1.54, 1.807) is 0 Å². The van der Waals surface area contributed by atoms with Gasteiger partial charge in [0.1, 0.15) is 0 Å². The first-order valence-electron chi connectivity index (χ1n) is 7.67. The predicted molar refractivity (Wildman–Crippen MR) is 82.3 cm³/mol. The Bertz CT molecular complexity index is 754. The number of hydrogen-bond acceptors (Lipinski definition) is 3. The summed E-state index contributed by atoms with van der Waals surface area (Å²) in [6.45, 7) is 3.30. The van der Waals surface area contributed by atoms with Crippen molar-refractivity contribution < 1.29 is 18.0 Å². The normalized spacial score (nSPS) is 15.6. The molecule has 0 radical (unpaired) electrons. The molecule has 0 aliphatic carbocycles. The van der Waals surface area contributed by atoms with E-state index in [2.05, 4.69) is 20.4 Å². The molecule has 2 N–H and O–H groups in total. The van der Waals surface area contributed by atoms with Crippen LogP contribution in [-0.4, -0.2) is 35.2 Å². The molecule has 1 aliphatic heterocycles. The van der Waals surface area contributed by atoms with Gasteiger partial charge in [-0.1, -0.05) is 0 Å². The summed E-state index contributed by atoms with van der Waals surface area (Å²) in [4.78, 5) is 14.2. The number of aromatic nitrogens is 2.